The number of benzene rings is 2. The van der Waals surface area contributed by atoms with Crippen molar-refractivity contribution in [1.29, 1.82) is 0 Å². The van der Waals surface area contributed by atoms with Crippen molar-refractivity contribution < 1.29 is 22.6 Å². The summed E-state index contributed by atoms with van der Waals surface area (Å²) in [6.45, 7) is 5.14. The van der Waals surface area contributed by atoms with Crippen LogP contribution in [0.4, 0.5) is 0 Å². The minimum Gasteiger partial charge on any atom is -0.486 e. The fourth-order valence-corrected chi connectivity index (χ4v) is 4.35. The van der Waals surface area contributed by atoms with Crippen LogP contribution in [0.25, 0.3) is 0 Å². The molecule has 150 valence electrons. The van der Waals surface area contributed by atoms with Gasteiger partial charge in [-0.25, -0.2) is 13.1 Å². The average molecular weight is 404 g/mol. The largest absolute Gasteiger partial charge is 0.486 e. The number of nitrogens with zero attached hydrogens (tertiary/aromatic N) is 1. The van der Waals surface area contributed by atoms with Crippen molar-refractivity contribution in [3.8, 4) is 11.5 Å². The van der Waals surface area contributed by atoms with Crippen LogP contribution in [0.3, 0.4) is 0 Å². The monoisotopic (exact) mass is 404 g/mol. The molecular formula is C20H24N2O5S. The first-order valence-corrected chi connectivity index (χ1v) is 10.9. The Kier molecular flexibility index (Phi) is 5.82. The van der Waals surface area contributed by atoms with Gasteiger partial charge in [0.1, 0.15) is 13.2 Å². The van der Waals surface area contributed by atoms with Gasteiger partial charge in [-0.05, 0) is 23.3 Å². The number of hydrogen-bond acceptors (Lipinski definition) is 6. The highest BCUT2D eigenvalue weighted by molar-refractivity contribution is 7.89. The summed E-state index contributed by atoms with van der Waals surface area (Å²) in [6, 6.07) is 12.6. The Hall–Kier alpha value is -2.13. The molecule has 0 saturated carbocycles. The topological polar surface area (TPSA) is 77.1 Å². The summed E-state index contributed by atoms with van der Waals surface area (Å²) in [6.07, 6.45) is 0. The van der Waals surface area contributed by atoms with Crippen molar-refractivity contribution in [2.45, 2.75) is 18.0 Å². The van der Waals surface area contributed by atoms with Gasteiger partial charge in [0.2, 0.25) is 10.0 Å². The van der Waals surface area contributed by atoms with E-state index in [2.05, 4.69) is 9.62 Å². The Morgan fingerprint density at radius 3 is 2.39 bits per heavy atom. The molecule has 0 unspecified atom stereocenters. The van der Waals surface area contributed by atoms with Crippen LogP contribution in [-0.2, 0) is 27.8 Å². The molecule has 0 aliphatic carbocycles. The molecule has 2 aromatic carbocycles. The lowest BCUT2D eigenvalue weighted by molar-refractivity contribution is 0.0341. The van der Waals surface area contributed by atoms with Gasteiger partial charge in [0, 0.05) is 32.2 Å². The summed E-state index contributed by atoms with van der Waals surface area (Å²) in [5.41, 5.74) is 2.09. The fourth-order valence-electron chi connectivity index (χ4n) is 3.33. The zero-order valence-corrected chi connectivity index (χ0v) is 16.4. The summed E-state index contributed by atoms with van der Waals surface area (Å²) in [5, 5.41) is 0. The van der Waals surface area contributed by atoms with E-state index in [1.54, 1.807) is 6.07 Å². The third kappa shape index (κ3) is 4.47. The third-order valence-corrected chi connectivity index (χ3v) is 6.29. The Labute approximate surface area is 165 Å². The molecule has 2 heterocycles. The van der Waals surface area contributed by atoms with Crippen LogP contribution in [0.2, 0.25) is 0 Å². The van der Waals surface area contributed by atoms with Gasteiger partial charge in [-0.15, -0.1) is 0 Å². The Morgan fingerprint density at radius 1 is 0.893 bits per heavy atom. The molecule has 0 aromatic heterocycles. The van der Waals surface area contributed by atoms with Crippen molar-refractivity contribution in [2.75, 3.05) is 39.5 Å². The number of ether oxygens (including phenoxy) is 3. The van der Waals surface area contributed by atoms with Gasteiger partial charge in [-0.1, -0.05) is 24.3 Å². The highest BCUT2D eigenvalue weighted by atomic mass is 32.2. The van der Waals surface area contributed by atoms with Crippen molar-refractivity contribution in [3.63, 3.8) is 0 Å². The summed E-state index contributed by atoms with van der Waals surface area (Å²) in [7, 11) is -3.66. The molecule has 1 saturated heterocycles. The molecule has 28 heavy (non-hydrogen) atoms. The minimum absolute atomic E-state index is 0.169. The molecule has 2 aliphatic heterocycles. The first-order chi connectivity index (χ1) is 13.6. The van der Waals surface area contributed by atoms with Gasteiger partial charge in [-0.3, -0.25) is 4.90 Å². The molecule has 1 fully saturated rings. The van der Waals surface area contributed by atoms with Crippen LogP contribution in [0, 0.1) is 0 Å². The van der Waals surface area contributed by atoms with E-state index < -0.39 is 10.0 Å². The van der Waals surface area contributed by atoms with Crippen molar-refractivity contribution in [2.24, 2.45) is 0 Å². The Morgan fingerprint density at radius 2 is 1.61 bits per heavy atom. The molecule has 7 nitrogen and oxygen atoms in total. The number of rotatable bonds is 6. The second kappa shape index (κ2) is 8.48. The second-order valence-corrected chi connectivity index (χ2v) is 8.55. The maximum atomic E-state index is 12.8. The molecule has 0 radical (unpaired) electrons. The zero-order chi connectivity index (χ0) is 19.4. The van der Waals surface area contributed by atoms with E-state index in [1.807, 2.05) is 24.3 Å². The van der Waals surface area contributed by atoms with E-state index >= 15 is 0 Å². The minimum atomic E-state index is -3.66. The first-order valence-electron chi connectivity index (χ1n) is 9.38. The van der Waals surface area contributed by atoms with E-state index in [0.717, 1.165) is 44.0 Å². The summed E-state index contributed by atoms with van der Waals surface area (Å²) < 4.78 is 44.6. The lowest BCUT2D eigenvalue weighted by Gasteiger charge is -2.27. The predicted molar refractivity (Wildman–Crippen MR) is 104 cm³/mol. The molecule has 0 amide bonds. The lowest BCUT2D eigenvalue weighted by Crippen LogP contribution is -2.36. The molecule has 2 aliphatic rings. The average Bonchev–Trinajstić information content (AvgIpc) is 2.73. The predicted octanol–water partition coefficient (Wildman–Crippen LogP) is 1.77. The Bertz CT molecular complexity index is 926. The molecule has 8 heteroatoms. The SMILES string of the molecule is O=S(=O)(NCc1ccccc1CN1CCOCC1)c1ccc2c(c1)OCCO2. The highest BCUT2D eigenvalue weighted by Crippen LogP contribution is 2.32. The summed E-state index contributed by atoms with van der Waals surface area (Å²) in [5.74, 6) is 1.03. The van der Waals surface area contributed by atoms with E-state index in [1.165, 1.54) is 12.1 Å². The maximum Gasteiger partial charge on any atom is 0.241 e. The second-order valence-electron chi connectivity index (χ2n) is 6.79. The summed E-state index contributed by atoms with van der Waals surface area (Å²) in [4.78, 5) is 2.49. The molecule has 1 N–H and O–H groups in total. The van der Waals surface area contributed by atoms with E-state index in [0.29, 0.717) is 24.7 Å². The molecule has 2 aromatic rings. The van der Waals surface area contributed by atoms with Crippen LogP contribution >= 0.6 is 0 Å². The van der Waals surface area contributed by atoms with Crippen LogP contribution < -0.4 is 14.2 Å². The van der Waals surface area contributed by atoms with Gasteiger partial charge in [0.15, 0.2) is 11.5 Å². The van der Waals surface area contributed by atoms with E-state index in [9.17, 15) is 8.42 Å². The molecule has 0 atom stereocenters. The van der Waals surface area contributed by atoms with Crippen LogP contribution in [0.5, 0.6) is 11.5 Å². The standard InChI is InChI=1S/C20H24N2O5S/c23-28(24,18-5-6-19-20(13-18)27-12-11-26-19)21-14-16-3-1-2-4-17(16)15-22-7-9-25-10-8-22/h1-6,13,21H,7-12,14-15H2. The number of sulfonamides is 1. The van der Waals surface area contributed by atoms with Crippen molar-refractivity contribution >= 4 is 10.0 Å². The van der Waals surface area contributed by atoms with Gasteiger partial charge >= 0.3 is 0 Å². The van der Waals surface area contributed by atoms with Crippen molar-refractivity contribution in [1.82, 2.24) is 9.62 Å². The first kappa shape index (κ1) is 19.2. The van der Waals surface area contributed by atoms with Gasteiger partial charge in [0.25, 0.3) is 0 Å². The van der Waals surface area contributed by atoms with Crippen LogP contribution in [0.1, 0.15) is 11.1 Å². The number of fused-ring (bicyclic) bond motifs is 1. The van der Waals surface area contributed by atoms with E-state index in [4.69, 9.17) is 14.2 Å². The van der Waals surface area contributed by atoms with Crippen molar-refractivity contribution in [3.05, 3.63) is 53.6 Å². The Balaban J connectivity index is 1.46. The maximum absolute atomic E-state index is 12.8. The van der Waals surface area contributed by atoms with Gasteiger partial charge < -0.3 is 14.2 Å². The molecule has 0 spiro atoms. The van der Waals surface area contributed by atoms with Crippen LogP contribution in [-0.4, -0.2) is 52.8 Å². The number of hydrogen-bond donors (Lipinski definition) is 1. The van der Waals surface area contributed by atoms with Gasteiger partial charge in [-0.2, -0.15) is 0 Å². The third-order valence-electron chi connectivity index (χ3n) is 4.89. The quantitative estimate of drug-likeness (QED) is 0.791. The molecular weight excluding hydrogens is 380 g/mol. The number of morpholine rings is 1. The van der Waals surface area contributed by atoms with Gasteiger partial charge in [0.05, 0.1) is 18.1 Å². The zero-order valence-electron chi connectivity index (χ0n) is 15.6. The smallest absolute Gasteiger partial charge is 0.241 e. The summed E-state index contributed by atoms with van der Waals surface area (Å²) >= 11 is 0. The molecule has 0 bridgehead atoms. The highest BCUT2D eigenvalue weighted by Gasteiger charge is 2.20. The normalized spacial score (nSPS) is 17.4. The van der Waals surface area contributed by atoms with Crippen LogP contribution in [0.15, 0.2) is 47.4 Å². The fraction of sp³-hybridized carbons (Fsp3) is 0.400. The van der Waals surface area contributed by atoms with E-state index in [-0.39, 0.29) is 11.4 Å². The lowest BCUT2D eigenvalue weighted by atomic mass is 10.1. The number of nitrogens with one attached hydrogen (secondary N) is 1. The molecule has 4 rings (SSSR count).